The number of nitrogens with zero attached hydrogens (tertiary/aromatic N) is 1. The van der Waals surface area contributed by atoms with Crippen LogP contribution >= 0.6 is 0 Å². The number of likely N-dealkylation sites (tertiary alicyclic amines) is 1. The van der Waals surface area contributed by atoms with E-state index in [1.165, 1.54) is 12.0 Å². The number of amides is 1. The summed E-state index contributed by atoms with van der Waals surface area (Å²) in [5.41, 5.74) is 3.13. The van der Waals surface area contributed by atoms with E-state index in [0.717, 1.165) is 24.2 Å². The summed E-state index contributed by atoms with van der Waals surface area (Å²) in [7, 11) is 0. The Labute approximate surface area is 132 Å². The second-order valence-corrected chi connectivity index (χ2v) is 6.60. The van der Waals surface area contributed by atoms with E-state index in [0.29, 0.717) is 11.8 Å². The molecule has 2 aromatic rings. The van der Waals surface area contributed by atoms with Gasteiger partial charge in [0.1, 0.15) is 0 Å². The smallest absolute Gasteiger partial charge is 0.253 e. The van der Waals surface area contributed by atoms with Crippen molar-refractivity contribution in [3.05, 3.63) is 60.2 Å². The van der Waals surface area contributed by atoms with Crippen molar-refractivity contribution in [3.8, 4) is 11.1 Å². The molecule has 114 valence electrons. The van der Waals surface area contributed by atoms with Gasteiger partial charge in [-0.2, -0.15) is 0 Å². The van der Waals surface area contributed by atoms with Crippen molar-refractivity contribution in [2.75, 3.05) is 13.1 Å². The van der Waals surface area contributed by atoms with E-state index < -0.39 is 0 Å². The topological polar surface area (TPSA) is 20.3 Å². The first-order chi connectivity index (χ1) is 10.6. The molecule has 2 heteroatoms. The molecule has 0 radical (unpaired) electrons. The molecule has 2 nitrogen and oxygen atoms in total. The lowest BCUT2D eigenvalue weighted by molar-refractivity contribution is 0.0623. The Kier molecular flexibility index (Phi) is 4.28. The average molecular weight is 293 g/mol. The van der Waals surface area contributed by atoms with E-state index >= 15 is 0 Å². The van der Waals surface area contributed by atoms with Gasteiger partial charge in [-0.3, -0.25) is 4.79 Å². The number of hydrogen-bond donors (Lipinski definition) is 0. The summed E-state index contributed by atoms with van der Waals surface area (Å²) in [6, 6.07) is 18.2. The SMILES string of the molecule is C[C@H]1C[C@H](C)CN(C(=O)c2ccc(-c3ccccc3)cc2)C1. The number of rotatable bonds is 2. The fourth-order valence-corrected chi connectivity index (χ4v) is 3.45. The average Bonchev–Trinajstić information content (AvgIpc) is 2.54. The van der Waals surface area contributed by atoms with Gasteiger partial charge >= 0.3 is 0 Å². The second-order valence-electron chi connectivity index (χ2n) is 6.60. The van der Waals surface area contributed by atoms with E-state index in [1.807, 2.05) is 47.4 Å². The molecule has 1 heterocycles. The minimum Gasteiger partial charge on any atom is -0.338 e. The number of hydrogen-bond acceptors (Lipinski definition) is 1. The van der Waals surface area contributed by atoms with Crippen LogP contribution in [0.15, 0.2) is 54.6 Å². The van der Waals surface area contributed by atoms with Gasteiger partial charge in [0.05, 0.1) is 0 Å². The summed E-state index contributed by atoms with van der Waals surface area (Å²) in [5, 5.41) is 0. The molecule has 0 aromatic heterocycles. The van der Waals surface area contributed by atoms with Crippen molar-refractivity contribution in [3.63, 3.8) is 0 Å². The molecule has 1 aliphatic heterocycles. The van der Waals surface area contributed by atoms with Gasteiger partial charge in [-0.05, 0) is 41.5 Å². The highest BCUT2D eigenvalue weighted by Gasteiger charge is 2.25. The number of benzene rings is 2. The van der Waals surface area contributed by atoms with Crippen LogP contribution in [0.3, 0.4) is 0 Å². The van der Waals surface area contributed by atoms with Crippen molar-refractivity contribution in [1.29, 1.82) is 0 Å². The van der Waals surface area contributed by atoms with Crippen LogP contribution in [0.25, 0.3) is 11.1 Å². The van der Waals surface area contributed by atoms with E-state index in [-0.39, 0.29) is 5.91 Å². The maximum atomic E-state index is 12.7. The molecule has 1 fully saturated rings. The molecule has 1 saturated heterocycles. The molecule has 1 aliphatic rings. The third-order valence-electron chi connectivity index (χ3n) is 4.40. The lowest BCUT2D eigenvalue weighted by Gasteiger charge is -2.35. The van der Waals surface area contributed by atoms with Gasteiger partial charge in [0.25, 0.3) is 5.91 Å². The molecule has 0 aliphatic carbocycles. The van der Waals surface area contributed by atoms with Gasteiger partial charge in [0, 0.05) is 18.7 Å². The molecule has 0 spiro atoms. The van der Waals surface area contributed by atoms with E-state index in [9.17, 15) is 4.79 Å². The van der Waals surface area contributed by atoms with Gasteiger partial charge in [-0.15, -0.1) is 0 Å². The van der Waals surface area contributed by atoms with Crippen LogP contribution in [0.1, 0.15) is 30.6 Å². The maximum Gasteiger partial charge on any atom is 0.253 e. The normalized spacial score (nSPS) is 21.6. The van der Waals surface area contributed by atoms with Gasteiger partial charge < -0.3 is 4.90 Å². The summed E-state index contributed by atoms with van der Waals surface area (Å²) in [6.45, 7) is 6.22. The molecular weight excluding hydrogens is 270 g/mol. The van der Waals surface area contributed by atoms with Crippen molar-refractivity contribution in [2.24, 2.45) is 11.8 Å². The summed E-state index contributed by atoms with van der Waals surface area (Å²) in [6.07, 6.45) is 1.22. The van der Waals surface area contributed by atoms with Crippen molar-refractivity contribution < 1.29 is 4.79 Å². The fourth-order valence-electron chi connectivity index (χ4n) is 3.45. The first-order valence-corrected chi connectivity index (χ1v) is 8.08. The van der Waals surface area contributed by atoms with Crippen LogP contribution in [0.5, 0.6) is 0 Å². The molecule has 2 atom stereocenters. The Morgan fingerprint density at radius 3 is 2.00 bits per heavy atom. The molecular formula is C20H23NO. The van der Waals surface area contributed by atoms with Crippen LogP contribution in [-0.4, -0.2) is 23.9 Å². The van der Waals surface area contributed by atoms with Gasteiger partial charge in [0.15, 0.2) is 0 Å². The lowest BCUT2D eigenvalue weighted by Crippen LogP contribution is -2.42. The van der Waals surface area contributed by atoms with Crippen LogP contribution in [0.4, 0.5) is 0 Å². The Balaban J connectivity index is 1.76. The quantitative estimate of drug-likeness (QED) is 0.800. The zero-order valence-electron chi connectivity index (χ0n) is 13.3. The van der Waals surface area contributed by atoms with E-state index in [2.05, 4.69) is 26.0 Å². The largest absolute Gasteiger partial charge is 0.338 e. The molecule has 0 bridgehead atoms. The Hall–Kier alpha value is -2.09. The Bertz CT molecular complexity index is 623. The number of carbonyl (C=O) groups excluding carboxylic acids is 1. The molecule has 0 unspecified atom stereocenters. The van der Waals surface area contributed by atoms with Crippen molar-refractivity contribution in [1.82, 2.24) is 4.90 Å². The minimum atomic E-state index is 0.165. The second kappa shape index (κ2) is 6.35. The summed E-state index contributed by atoms with van der Waals surface area (Å²) in [4.78, 5) is 14.7. The zero-order valence-corrected chi connectivity index (χ0v) is 13.3. The molecule has 0 N–H and O–H groups in total. The highest BCUT2D eigenvalue weighted by Crippen LogP contribution is 2.24. The van der Waals surface area contributed by atoms with Crippen molar-refractivity contribution in [2.45, 2.75) is 20.3 Å². The minimum absolute atomic E-state index is 0.165. The molecule has 3 rings (SSSR count). The number of carbonyl (C=O) groups is 1. The van der Waals surface area contributed by atoms with Gasteiger partial charge in [-0.25, -0.2) is 0 Å². The predicted molar refractivity (Wildman–Crippen MR) is 90.7 cm³/mol. The number of piperidine rings is 1. The van der Waals surface area contributed by atoms with E-state index in [1.54, 1.807) is 0 Å². The highest BCUT2D eigenvalue weighted by molar-refractivity contribution is 5.94. The van der Waals surface area contributed by atoms with Gasteiger partial charge in [-0.1, -0.05) is 56.3 Å². The summed E-state index contributed by atoms with van der Waals surface area (Å²) in [5.74, 6) is 1.35. The van der Waals surface area contributed by atoms with Crippen LogP contribution < -0.4 is 0 Å². The maximum absolute atomic E-state index is 12.7. The Morgan fingerprint density at radius 1 is 0.864 bits per heavy atom. The van der Waals surface area contributed by atoms with Crippen LogP contribution in [0, 0.1) is 11.8 Å². The molecule has 22 heavy (non-hydrogen) atoms. The lowest BCUT2D eigenvalue weighted by atomic mass is 9.91. The molecule has 1 amide bonds. The van der Waals surface area contributed by atoms with Crippen molar-refractivity contribution >= 4 is 5.91 Å². The summed E-state index contributed by atoms with van der Waals surface area (Å²) < 4.78 is 0. The summed E-state index contributed by atoms with van der Waals surface area (Å²) >= 11 is 0. The van der Waals surface area contributed by atoms with Crippen LogP contribution in [0.2, 0.25) is 0 Å². The highest BCUT2D eigenvalue weighted by atomic mass is 16.2. The first-order valence-electron chi connectivity index (χ1n) is 8.08. The Morgan fingerprint density at radius 2 is 1.41 bits per heavy atom. The van der Waals surface area contributed by atoms with Crippen LogP contribution in [-0.2, 0) is 0 Å². The van der Waals surface area contributed by atoms with E-state index in [4.69, 9.17) is 0 Å². The predicted octanol–water partition coefficient (Wildman–Crippen LogP) is 4.47. The monoisotopic (exact) mass is 293 g/mol. The third kappa shape index (κ3) is 3.22. The fraction of sp³-hybridized carbons (Fsp3) is 0.350. The molecule has 0 saturated carbocycles. The standard InChI is InChI=1S/C20H23NO/c1-15-12-16(2)14-21(13-15)20(22)19-10-8-18(9-11-19)17-6-4-3-5-7-17/h3-11,15-16H,12-14H2,1-2H3/t15-,16-/m0/s1. The first kappa shape index (κ1) is 14.8. The van der Waals surface area contributed by atoms with Gasteiger partial charge in [0.2, 0.25) is 0 Å². The zero-order chi connectivity index (χ0) is 15.5. The third-order valence-corrected chi connectivity index (χ3v) is 4.40. The molecule has 2 aromatic carbocycles.